The number of nitrogens with zero attached hydrogens (tertiary/aromatic N) is 1. The zero-order valence-electron chi connectivity index (χ0n) is 29.8. The van der Waals surface area contributed by atoms with Gasteiger partial charge in [0.15, 0.2) is 0 Å². The lowest BCUT2D eigenvalue weighted by atomic mass is 9.96. The van der Waals surface area contributed by atoms with E-state index in [2.05, 4.69) is 205 Å². The van der Waals surface area contributed by atoms with Crippen LogP contribution in [0.3, 0.4) is 0 Å². The Morgan fingerprint density at radius 3 is 1.80 bits per heavy atom. The molecule has 11 aromatic rings. The normalized spacial score (nSPS) is 11.6. The van der Waals surface area contributed by atoms with Gasteiger partial charge >= 0.3 is 0 Å². The molecular weight excluding hydrogens is 703 g/mol. The highest BCUT2D eigenvalue weighted by atomic mass is 32.1. The van der Waals surface area contributed by atoms with Crippen LogP contribution >= 0.6 is 22.7 Å². The van der Waals surface area contributed by atoms with Crippen molar-refractivity contribution in [3.8, 4) is 33.4 Å². The molecule has 0 aliphatic heterocycles. The largest absolute Gasteiger partial charge is 0.310 e. The lowest BCUT2D eigenvalue weighted by Crippen LogP contribution is -2.11. The summed E-state index contributed by atoms with van der Waals surface area (Å²) in [4.78, 5) is 2.44. The van der Waals surface area contributed by atoms with Gasteiger partial charge in [0.05, 0.1) is 5.69 Å². The van der Waals surface area contributed by atoms with Crippen molar-refractivity contribution in [1.29, 1.82) is 0 Å². The van der Waals surface area contributed by atoms with Gasteiger partial charge in [-0.15, -0.1) is 22.7 Å². The maximum absolute atomic E-state index is 2.44. The number of anilines is 3. The molecular formula is C52H33NS2. The van der Waals surface area contributed by atoms with Gasteiger partial charge in [-0.1, -0.05) is 140 Å². The lowest BCUT2D eigenvalue weighted by molar-refractivity contribution is 1.28. The summed E-state index contributed by atoms with van der Waals surface area (Å²) in [7, 11) is 0. The van der Waals surface area contributed by atoms with E-state index in [1.807, 2.05) is 22.7 Å². The maximum Gasteiger partial charge on any atom is 0.0540 e. The zero-order valence-corrected chi connectivity index (χ0v) is 31.4. The molecule has 258 valence electrons. The summed E-state index contributed by atoms with van der Waals surface area (Å²) in [5.74, 6) is 0. The molecule has 0 spiro atoms. The molecule has 3 heteroatoms. The first-order valence-electron chi connectivity index (χ1n) is 18.7. The molecule has 0 N–H and O–H groups in total. The second-order valence-corrected chi connectivity index (χ2v) is 16.3. The van der Waals surface area contributed by atoms with Gasteiger partial charge in [-0.2, -0.15) is 0 Å². The summed E-state index contributed by atoms with van der Waals surface area (Å²) < 4.78 is 5.25. The Kier molecular flexibility index (Phi) is 7.61. The lowest BCUT2D eigenvalue weighted by Gasteiger charge is -2.28. The fourth-order valence-electron chi connectivity index (χ4n) is 8.22. The van der Waals surface area contributed by atoms with Gasteiger partial charge in [0.1, 0.15) is 0 Å². The minimum Gasteiger partial charge on any atom is -0.310 e. The van der Waals surface area contributed by atoms with E-state index in [1.165, 1.54) is 84.5 Å². The molecule has 11 rings (SSSR count). The first-order chi connectivity index (χ1) is 27.2. The van der Waals surface area contributed by atoms with E-state index in [-0.39, 0.29) is 0 Å². The van der Waals surface area contributed by atoms with E-state index in [9.17, 15) is 0 Å². The second-order valence-electron chi connectivity index (χ2n) is 14.1. The highest BCUT2D eigenvalue weighted by Gasteiger charge is 2.20. The van der Waals surface area contributed by atoms with Crippen LogP contribution in [-0.4, -0.2) is 0 Å². The summed E-state index contributed by atoms with van der Waals surface area (Å²) in [6, 6.07) is 73.5. The van der Waals surface area contributed by atoms with Crippen LogP contribution in [0.25, 0.3) is 84.5 Å². The monoisotopic (exact) mass is 735 g/mol. The van der Waals surface area contributed by atoms with Crippen LogP contribution < -0.4 is 4.90 Å². The first kappa shape index (κ1) is 32.0. The molecule has 0 atom stereocenters. The fraction of sp³-hybridized carbons (Fsp3) is 0. The van der Waals surface area contributed by atoms with Crippen molar-refractivity contribution in [3.05, 3.63) is 200 Å². The third kappa shape index (κ3) is 5.51. The first-order valence-corrected chi connectivity index (χ1v) is 20.3. The van der Waals surface area contributed by atoms with Crippen LogP contribution in [0.5, 0.6) is 0 Å². The van der Waals surface area contributed by atoms with Gasteiger partial charge in [-0.3, -0.25) is 0 Å². The fourth-order valence-corrected chi connectivity index (χ4v) is 10.5. The van der Waals surface area contributed by atoms with Crippen LogP contribution in [-0.2, 0) is 0 Å². The van der Waals surface area contributed by atoms with Gasteiger partial charge in [-0.05, 0) is 99.3 Å². The molecule has 0 radical (unpaired) electrons. The van der Waals surface area contributed by atoms with Crippen LogP contribution in [0, 0.1) is 0 Å². The van der Waals surface area contributed by atoms with Crippen molar-refractivity contribution >= 4 is 90.9 Å². The molecule has 9 aromatic carbocycles. The number of fused-ring (bicyclic) bond motifs is 7. The second kappa shape index (κ2) is 13.1. The highest BCUT2D eigenvalue weighted by molar-refractivity contribution is 7.26. The number of para-hydroxylation sites is 1. The molecule has 55 heavy (non-hydrogen) atoms. The van der Waals surface area contributed by atoms with Crippen molar-refractivity contribution in [1.82, 2.24) is 0 Å². The molecule has 2 aromatic heterocycles. The number of hydrogen-bond acceptors (Lipinski definition) is 3. The zero-order chi connectivity index (χ0) is 36.3. The topological polar surface area (TPSA) is 3.24 Å². The van der Waals surface area contributed by atoms with Crippen LogP contribution in [0.1, 0.15) is 0 Å². The Morgan fingerprint density at radius 1 is 0.309 bits per heavy atom. The van der Waals surface area contributed by atoms with Gasteiger partial charge in [0, 0.05) is 57.3 Å². The quantitative estimate of drug-likeness (QED) is 0.164. The van der Waals surface area contributed by atoms with Gasteiger partial charge in [0.25, 0.3) is 0 Å². The molecule has 1 nitrogen and oxygen atoms in total. The highest BCUT2D eigenvalue weighted by Crippen LogP contribution is 2.47. The Labute approximate surface area is 327 Å². The summed E-state index contributed by atoms with van der Waals surface area (Å²) in [6.45, 7) is 0. The molecule has 0 saturated heterocycles. The molecule has 0 aliphatic carbocycles. The average Bonchev–Trinajstić information content (AvgIpc) is 3.82. The third-order valence-corrected chi connectivity index (χ3v) is 13.1. The van der Waals surface area contributed by atoms with E-state index >= 15 is 0 Å². The van der Waals surface area contributed by atoms with Crippen molar-refractivity contribution < 1.29 is 0 Å². The predicted octanol–water partition coefficient (Wildman–Crippen LogP) is 16.0. The summed E-state index contributed by atoms with van der Waals surface area (Å²) >= 11 is 3.73. The Hall–Kier alpha value is -6.52. The summed E-state index contributed by atoms with van der Waals surface area (Å²) in [5.41, 5.74) is 10.6. The van der Waals surface area contributed by atoms with Crippen LogP contribution in [0.2, 0.25) is 0 Å². The number of benzene rings is 9. The number of rotatable bonds is 6. The van der Waals surface area contributed by atoms with E-state index in [0.29, 0.717) is 0 Å². The number of hydrogen-bond donors (Lipinski definition) is 0. The maximum atomic E-state index is 2.44. The minimum atomic E-state index is 1.11. The van der Waals surface area contributed by atoms with Crippen LogP contribution in [0.4, 0.5) is 17.1 Å². The molecule has 0 fully saturated rings. The van der Waals surface area contributed by atoms with Crippen molar-refractivity contribution in [2.75, 3.05) is 4.90 Å². The average molecular weight is 736 g/mol. The minimum absolute atomic E-state index is 1.11. The van der Waals surface area contributed by atoms with Crippen LogP contribution in [0.15, 0.2) is 200 Å². The molecule has 0 amide bonds. The molecule has 0 unspecified atom stereocenters. The van der Waals surface area contributed by atoms with Gasteiger partial charge < -0.3 is 4.90 Å². The SMILES string of the molecule is c1cc(-c2ccc3c(c2)sc2ccccc23)cc(N(c2ccc(-c3ccc4ccccc4c3)cc2)c2ccccc2-c2cccc3sc4ccccc4c23)c1. The van der Waals surface area contributed by atoms with Gasteiger partial charge in [0.2, 0.25) is 0 Å². The molecule has 0 bridgehead atoms. The molecule has 0 saturated carbocycles. The molecule has 0 aliphatic rings. The summed E-state index contributed by atoms with van der Waals surface area (Å²) in [6.07, 6.45) is 0. The Balaban J connectivity index is 1.08. The number of thiophene rings is 2. The van der Waals surface area contributed by atoms with Crippen molar-refractivity contribution in [2.45, 2.75) is 0 Å². The van der Waals surface area contributed by atoms with Crippen molar-refractivity contribution in [2.24, 2.45) is 0 Å². The Morgan fingerprint density at radius 2 is 0.909 bits per heavy atom. The standard InChI is InChI=1S/C52H33NS2/c1-2-12-36-31-38(24-23-34(36)11-1)35-25-28-40(29-26-35)53(41-14-9-13-37(32-41)39-27-30-44-43-16-4-7-20-48(43)55-51(44)33-39)47-19-6-3-15-42(47)45-18-10-22-50-52(45)46-17-5-8-21-49(46)54-50/h1-33H. The predicted molar refractivity (Wildman–Crippen MR) is 241 cm³/mol. The smallest absolute Gasteiger partial charge is 0.0540 e. The van der Waals surface area contributed by atoms with Crippen molar-refractivity contribution in [3.63, 3.8) is 0 Å². The van der Waals surface area contributed by atoms with E-state index in [4.69, 9.17) is 0 Å². The summed E-state index contributed by atoms with van der Waals surface area (Å²) in [5, 5.41) is 7.76. The molecule has 2 heterocycles. The third-order valence-electron chi connectivity index (χ3n) is 10.9. The van der Waals surface area contributed by atoms with E-state index in [1.54, 1.807) is 0 Å². The van der Waals surface area contributed by atoms with E-state index in [0.717, 1.165) is 17.1 Å². The Bertz CT molecular complexity index is 3220. The van der Waals surface area contributed by atoms with Gasteiger partial charge in [-0.25, -0.2) is 0 Å². The van der Waals surface area contributed by atoms with E-state index < -0.39 is 0 Å².